The zero-order valence-corrected chi connectivity index (χ0v) is 19.6. The Morgan fingerprint density at radius 1 is 1.19 bits per heavy atom. The molecule has 1 aromatic heterocycles. The predicted octanol–water partition coefficient (Wildman–Crippen LogP) is 4.50. The van der Waals surface area contributed by atoms with E-state index in [1.807, 2.05) is 45.0 Å². The lowest BCUT2D eigenvalue weighted by atomic mass is 9.98. The second-order valence-electron chi connectivity index (χ2n) is 8.44. The summed E-state index contributed by atoms with van der Waals surface area (Å²) in [6.07, 6.45) is 8.44. The van der Waals surface area contributed by atoms with Gasteiger partial charge in [-0.15, -0.1) is 0 Å². The lowest BCUT2D eigenvalue weighted by Gasteiger charge is -2.21. The number of aromatic nitrogens is 2. The van der Waals surface area contributed by atoms with Crippen LogP contribution in [-0.2, 0) is 11.2 Å². The van der Waals surface area contributed by atoms with Gasteiger partial charge in [0.15, 0.2) is 11.8 Å². The number of guanidine groups is 1. The molecule has 2 aromatic rings. The fourth-order valence-electron chi connectivity index (χ4n) is 3.63. The fourth-order valence-corrected chi connectivity index (χ4v) is 3.63. The molecular weight excluding hydrogens is 406 g/mol. The Labute approximate surface area is 191 Å². The smallest absolute Gasteiger partial charge is 0.228 e. The van der Waals surface area contributed by atoms with Gasteiger partial charge in [-0.2, -0.15) is 4.98 Å². The van der Waals surface area contributed by atoms with Gasteiger partial charge in [0.1, 0.15) is 5.75 Å². The van der Waals surface area contributed by atoms with Crippen molar-refractivity contribution in [3.63, 3.8) is 0 Å². The molecule has 176 valence electrons. The normalized spacial score (nSPS) is 15.2. The number of hydrogen-bond donors (Lipinski definition) is 2. The van der Waals surface area contributed by atoms with Crippen LogP contribution < -0.4 is 15.4 Å². The van der Waals surface area contributed by atoms with Crippen LogP contribution in [0.25, 0.3) is 0 Å². The zero-order valence-electron chi connectivity index (χ0n) is 19.6. The van der Waals surface area contributed by atoms with Crippen molar-refractivity contribution in [2.24, 2.45) is 4.99 Å². The number of rotatable bonds is 11. The summed E-state index contributed by atoms with van der Waals surface area (Å²) < 4.78 is 16.9. The van der Waals surface area contributed by atoms with E-state index < -0.39 is 0 Å². The van der Waals surface area contributed by atoms with Crippen molar-refractivity contribution in [3.8, 4) is 5.75 Å². The minimum atomic E-state index is 0.150. The zero-order chi connectivity index (χ0) is 22.6. The van der Waals surface area contributed by atoms with Crippen molar-refractivity contribution >= 4 is 11.6 Å². The molecule has 0 aliphatic heterocycles. The maximum absolute atomic E-state index is 6.02. The van der Waals surface area contributed by atoms with Crippen LogP contribution in [0, 0.1) is 6.92 Å². The molecule has 1 saturated carbocycles. The first-order chi connectivity index (χ1) is 15.6. The van der Waals surface area contributed by atoms with Crippen LogP contribution in [0.1, 0.15) is 64.1 Å². The fraction of sp³-hybridized carbons (Fsp3) is 0.625. The van der Waals surface area contributed by atoms with Gasteiger partial charge in [-0.05, 0) is 64.3 Å². The van der Waals surface area contributed by atoms with Gasteiger partial charge in [0, 0.05) is 31.8 Å². The summed E-state index contributed by atoms with van der Waals surface area (Å²) in [4.78, 5) is 8.97. The molecule has 1 aliphatic carbocycles. The van der Waals surface area contributed by atoms with Crippen LogP contribution in [0.3, 0.4) is 0 Å². The SMILES string of the molecule is Cc1noc(CCNC(=NCCCOC2CCCCC2)Nc2ccc(OC(C)C)cc2)n1. The first kappa shape index (κ1) is 24.0. The Kier molecular flexibility index (Phi) is 9.81. The van der Waals surface area contributed by atoms with E-state index in [0.29, 0.717) is 37.3 Å². The standard InChI is InChI=1S/C24H37N5O3/c1-18(2)31-22-12-10-20(11-13-22)28-24(26-16-14-23-27-19(3)29-32-23)25-15-7-17-30-21-8-5-4-6-9-21/h10-13,18,21H,4-9,14-17H2,1-3H3,(H2,25,26,28). The van der Waals surface area contributed by atoms with Gasteiger partial charge in [0.05, 0.1) is 12.2 Å². The molecule has 1 fully saturated rings. The van der Waals surface area contributed by atoms with Crippen LogP contribution in [0.4, 0.5) is 5.69 Å². The van der Waals surface area contributed by atoms with Gasteiger partial charge in [0.25, 0.3) is 0 Å². The Morgan fingerprint density at radius 3 is 2.66 bits per heavy atom. The Morgan fingerprint density at radius 2 is 1.97 bits per heavy atom. The molecule has 0 amide bonds. The van der Waals surface area contributed by atoms with Gasteiger partial charge >= 0.3 is 0 Å². The van der Waals surface area contributed by atoms with Crippen molar-refractivity contribution in [3.05, 3.63) is 36.0 Å². The van der Waals surface area contributed by atoms with Gasteiger partial charge < -0.3 is 24.6 Å². The second kappa shape index (κ2) is 13.1. The average molecular weight is 444 g/mol. The molecule has 2 N–H and O–H groups in total. The molecule has 0 atom stereocenters. The summed E-state index contributed by atoms with van der Waals surface area (Å²) in [5.74, 6) is 2.83. The molecule has 1 aromatic carbocycles. The highest BCUT2D eigenvalue weighted by Crippen LogP contribution is 2.20. The molecule has 0 bridgehead atoms. The molecule has 1 heterocycles. The van der Waals surface area contributed by atoms with Crippen LogP contribution >= 0.6 is 0 Å². The van der Waals surface area contributed by atoms with Crippen molar-refractivity contribution in [2.45, 2.75) is 77.9 Å². The number of aryl methyl sites for hydroxylation is 1. The third kappa shape index (κ3) is 8.86. The average Bonchev–Trinajstić information content (AvgIpc) is 3.20. The largest absolute Gasteiger partial charge is 0.491 e. The quantitative estimate of drug-likeness (QED) is 0.300. The number of nitrogens with one attached hydrogen (secondary N) is 2. The van der Waals surface area contributed by atoms with Crippen LogP contribution in [0.2, 0.25) is 0 Å². The van der Waals surface area contributed by atoms with Crippen LogP contribution in [0.5, 0.6) is 5.75 Å². The third-order valence-electron chi connectivity index (χ3n) is 5.17. The molecule has 1 aliphatic rings. The molecule has 8 heteroatoms. The van der Waals surface area contributed by atoms with Crippen molar-refractivity contribution < 1.29 is 14.0 Å². The third-order valence-corrected chi connectivity index (χ3v) is 5.17. The molecule has 3 rings (SSSR count). The van der Waals surface area contributed by atoms with Crippen molar-refractivity contribution in [1.82, 2.24) is 15.5 Å². The lowest BCUT2D eigenvalue weighted by molar-refractivity contribution is 0.0281. The maximum Gasteiger partial charge on any atom is 0.228 e. The maximum atomic E-state index is 6.02. The highest BCUT2D eigenvalue weighted by Gasteiger charge is 2.13. The van der Waals surface area contributed by atoms with E-state index in [9.17, 15) is 0 Å². The van der Waals surface area contributed by atoms with E-state index in [2.05, 4.69) is 20.8 Å². The topological polar surface area (TPSA) is 93.8 Å². The van der Waals surface area contributed by atoms with Crippen LogP contribution in [0.15, 0.2) is 33.8 Å². The lowest BCUT2D eigenvalue weighted by Crippen LogP contribution is -2.32. The minimum Gasteiger partial charge on any atom is -0.491 e. The van der Waals surface area contributed by atoms with Gasteiger partial charge in [-0.3, -0.25) is 4.99 Å². The van der Waals surface area contributed by atoms with Gasteiger partial charge in [0.2, 0.25) is 5.89 Å². The van der Waals surface area contributed by atoms with E-state index in [-0.39, 0.29) is 6.10 Å². The number of benzene rings is 1. The summed E-state index contributed by atoms with van der Waals surface area (Å²) in [5.41, 5.74) is 0.944. The summed E-state index contributed by atoms with van der Waals surface area (Å²) in [6.45, 7) is 7.94. The highest BCUT2D eigenvalue weighted by molar-refractivity contribution is 5.93. The molecule has 32 heavy (non-hydrogen) atoms. The van der Waals surface area contributed by atoms with E-state index in [1.165, 1.54) is 32.1 Å². The Balaban J connectivity index is 1.49. The first-order valence-corrected chi connectivity index (χ1v) is 11.8. The van der Waals surface area contributed by atoms with Gasteiger partial charge in [-0.25, -0.2) is 0 Å². The van der Waals surface area contributed by atoms with E-state index in [1.54, 1.807) is 0 Å². The number of aliphatic imine (C=N–C) groups is 1. The van der Waals surface area contributed by atoms with Crippen molar-refractivity contribution in [1.29, 1.82) is 0 Å². The number of nitrogens with zero attached hydrogens (tertiary/aromatic N) is 3. The summed E-state index contributed by atoms with van der Waals surface area (Å²) in [7, 11) is 0. The minimum absolute atomic E-state index is 0.150. The van der Waals surface area contributed by atoms with E-state index >= 15 is 0 Å². The molecule has 0 radical (unpaired) electrons. The molecule has 8 nitrogen and oxygen atoms in total. The Bertz CT molecular complexity index is 813. The molecule has 0 spiro atoms. The van der Waals surface area contributed by atoms with Crippen LogP contribution in [-0.4, -0.2) is 48.0 Å². The van der Waals surface area contributed by atoms with Crippen molar-refractivity contribution in [2.75, 3.05) is 25.0 Å². The van der Waals surface area contributed by atoms with E-state index in [0.717, 1.165) is 30.4 Å². The molecule has 0 unspecified atom stereocenters. The summed E-state index contributed by atoms with van der Waals surface area (Å²) in [6, 6.07) is 7.89. The Hall–Kier alpha value is -2.61. The van der Waals surface area contributed by atoms with E-state index in [4.69, 9.17) is 19.0 Å². The number of anilines is 1. The first-order valence-electron chi connectivity index (χ1n) is 11.8. The molecule has 0 saturated heterocycles. The molecular formula is C24H37N5O3. The summed E-state index contributed by atoms with van der Waals surface area (Å²) >= 11 is 0. The number of ether oxygens (including phenoxy) is 2. The number of hydrogen-bond acceptors (Lipinski definition) is 6. The highest BCUT2D eigenvalue weighted by atomic mass is 16.5. The monoisotopic (exact) mass is 443 g/mol. The predicted molar refractivity (Wildman–Crippen MR) is 126 cm³/mol. The second-order valence-corrected chi connectivity index (χ2v) is 8.44. The summed E-state index contributed by atoms with van der Waals surface area (Å²) in [5, 5.41) is 10.6. The van der Waals surface area contributed by atoms with Gasteiger partial charge in [-0.1, -0.05) is 24.4 Å².